The van der Waals surface area contributed by atoms with Gasteiger partial charge >= 0.3 is 17.9 Å². The number of allylic oxidation sites excluding steroid dienone is 14. The molecule has 0 N–H and O–H groups in total. The van der Waals surface area contributed by atoms with Crippen molar-refractivity contribution in [1.29, 1.82) is 0 Å². The molecule has 0 aromatic rings. The SMILES string of the molecule is CC/C=C\C/C=C\C/C=C\C/C=C\C/C=C\C/C=C\C/C=C\CCCC(=O)OC(COC(=O)CCCCCCCC)COC(=O)CCCCCCCCCCCCCCCCCCCCCCCCCCCCCCCCCC. The van der Waals surface area contributed by atoms with Crippen LogP contribution in [0.3, 0.4) is 0 Å². The maximum absolute atomic E-state index is 12.8. The van der Waals surface area contributed by atoms with Gasteiger partial charge in [0.1, 0.15) is 13.2 Å². The van der Waals surface area contributed by atoms with Crippen molar-refractivity contribution in [2.45, 2.75) is 348 Å². The molecule has 1 atom stereocenters. The van der Waals surface area contributed by atoms with E-state index in [9.17, 15) is 14.4 Å². The first kappa shape index (κ1) is 75.6. The molecule has 0 aliphatic heterocycles. The van der Waals surface area contributed by atoms with Crippen molar-refractivity contribution in [2.75, 3.05) is 13.2 Å². The second-order valence-electron chi connectivity index (χ2n) is 22.7. The summed E-state index contributed by atoms with van der Waals surface area (Å²) in [5, 5.41) is 0. The monoisotopic (exact) mass is 1100 g/mol. The molecular weight excluding hydrogens is 973 g/mol. The smallest absolute Gasteiger partial charge is 0.306 e. The molecule has 6 nitrogen and oxygen atoms in total. The highest BCUT2D eigenvalue weighted by molar-refractivity contribution is 5.71. The molecule has 0 saturated heterocycles. The van der Waals surface area contributed by atoms with E-state index in [1.807, 2.05) is 0 Å². The van der Waals surface area contributed by atoms with Crippen LogP contribution in [-0.4, -0.2) is 37.2 Å². The van der Waals surface area contributed by atoms with Gasteiger partial charge in [-0.25, -0.2) is 0 Å². The van der Waals surface area contributed by atoms with Gasteiger partial charge < -0.3 is 14.2 Å². The molecule has 0 amide bonds. The summed E-state index contributed by atoms with van der Waals surface area (Å²) in [6.45, 7) is 6.46. The molecule has 1 unspecified atom stereocenters. The van der Waals surface area contributed by atoms with E-state index in [2.05, 4.69) is 106 Å². The van der Waals surface area contributed by atoms with Crippen molar-refractivity contribution in [3.63, 3.8) is 0 Å². The number of hydrogen-bond donors (Lipinski definition) is 0. The minimum Gasteiger partial charge on any atom is -0.462 e. The van der Waals surface area contributed by atoms with Crippen molar-refractivity contribution >= 4 is 17.9 Å². The molecule has 0 aliphatic carbocycles. The number of ether oxygens (including phenoxy) is 3. The van der Waals surface area contributed by atoms with E-state index < -0.39 is 6.10 Å². The van der Waals surface area contributed by atoms with E-state index in [4.69, 9.17) is 14.2 Å². The van der Waals surface area contributed by atoms with E-state index in [1.165, 1.54) is 205 Å². The van der Waals surface area contributed by atoms with Crippen LogP contribution in [0.1, 0.15) is 342 Å². The number of unbranched alkanes of at least 4 members (excludes halogenated alkanes) is 37. The largest absolute Gasteiger partial charge is 0.462 e. The van der Waals surface area contributed by atoms with Crippen LogP contribution >= 0.6 is 0 Å². The number of carbonyl (C=O) groups is 3. The first-order valence-corrected chi connectivity index (χ1v) is 34.1. The van der Waals surface area contributed by atoms with Gasteiger partial charge in [-0.1, -0.05) is 337 Å². The third-order valence-corrected chi connectivity index (χ3v) is 14.9. The number of carbonyl (C=O) groups excluding carboxylic acids is 3. The van der Waals surface area contributed by atoms with Gasteiger partial charge in [-0.3, -0.25) is 14.4 Å². The van der Waals surface area contributed by atoms with E-state index in [0.717, 1.165) is 89.9 Å². The molecule has 0 fully saturated rings. The highest BCUT2D eigenvalue weighted by Crippen LogP contribution is 2.18. The molecule has 79 heavy (non-hydrogen) atoms. The highest BCUT2D eigenvalue weighted by atomic mass is 16.6. The van der Waals surface area contributed by atoms with Gasteiger partial charge in [-0.05, 0) is 70.6 Å². The summed E-state index contributed by atoms with van der Waals surface area (Å²) in [4.78, 5) is 38.0. The van der Waals surface area contributed by atoms with Crippen molar-refractivity contribution in [2.24, 2.45) is 0 Å². The van der Waals surface area contributed by atoms with Crippen molar-refractivity contribution < 1.29 is 28.6 Å². The Morgan fingerprint density at radius 3 is 0.759 bits per heavy atom. The Bertz CT molecular complexity index is 1500. The van der Waals surface area contributed by atoms with Crippen LogP contribution in [0.4, 0.5) is 0 Å². The molecule has 0 spiro atoms. The standard InChI is InChI=1S/C73H128O6/c1-4-7-10-13-16-18-20-22-24-26-28-30-32-33-34-35-36-37-38-39-40-42-43-45-47-49-51-53-55-57-60-63-66-72(75)78-69-70(68-77-71(74)65-62-59-15-12-9-6-3)79-73(76)67-64-61-58-56-54-52-50-48-46-44-41-31-29-27-25-23-21-19-17-14-11-8-5-2/h8,11,17,19,23,25,29,31,44,46,50,52,56,58,70H,4-7,9-10,12-16,18,20-22,24,26-28,30,32-43,45,47-49,51,53-55,57,59-69H2,1-3H3/b11-8-,19-17-,25-23-,31-29-,46-44-,52-50-,58-56-. The number of hydrogen-bond acceptors (Lipinski definition) is 6. The third kappa shape index (κ3) is 65.3. The Hall–Kier alpha value is -3.41. The van der Waals surface area contributed by atoms with E-state index in [-0.39, 0.29) is 37.5 Å². The fourth-order valence-electron chi connectivity index (χ4n) is 9.85. The average Bonchev–Trinajstić information content (AvgIpc) is 3.45. The quantitative estimate of drug-likeness (QED) is 0.0261. The highest BCUT2D eigenvalue weighted by Gasteiger charge is 2.19. The molecule has 0 radical (unpaired) electrons. The fourth-order valence-corrected chi connectivity index (χ4v) is 9.85. The molecular formula is C73H128O6. The van der Waals surface area contributed by atoms with Gasteiger partial charge in [0.2, 0.25) is 0 Å². The maximum atomic E-state index is 12.8. The van der Waals surface area contributed by atoms with Crippen LogP contribution in [0.15, 0.2) is 85.1 Å². The Kier molecular flexibility index (Phi) is 64.2. The summed E-state index contributed by atoms with van der Waals surface area (Å²) < 4.78 is 16.8. The Morgan fingerprint density at radius 2 is 0.494 bits per heavy atom. The molecule has 0 aliphatic rings. The lowest BCUT2D eigenvalue weighted by molar-refractivity contribution is -0.167. The van der Waals surface area contributed by atoms with Gasteiger partial charge in [-0.15, -0.1) is 0 Å². The molecule has 0 aromatic carbocycles. The zero-order chi connectivity index (χ0) is 57.1. The van der Waals surface area contributed by atoms with Crippen LogP contribution in [-0.2, 0) is 28.6 Å². The zero-order valence-corrected chi connectivity index (χ0v) is 52.4. The van der Waals surface area contributed by atoms with Crippen LogP contribution in [0, 0.1) is 0 Å². The Labute approximate surface area is 490 Å². The summed E-state index contributed by atoms with van der Waals surface area (Å²) in [7, 11) is 0. The van der Waals surface area contributed by atoms with Crippen LogP contribution < -0.4 is 0 Å². The second-order valence-corrected chi connectivity index (χ2v) is 22.7. The summed E-state index contributed by atoms with van der Waals surface area (Å²) >= 11 is 0. The first-order chi connectivity index (χ1) is 39.0. The Balaban J connectivity index is 4.05. The van der Waals surface area contributed by atoms with Gasteiger partial charge in [0.05, 0.1) is 0 Å². The summed E-state index contributed by atoms with van der Waals surface area (Å²) in [5.74, 6) is -0.955. The van der Waals surface area contributed by atoms with E-state index in [0.29, 0.717) is 19.3 Å². The fraction of sp³-hybridized carbons (Fsp3) is 0.767. The molecule has 0 heterocycles. The van der Waals surface area contributed by atoms with Gasteiger partial charge in [0.15, 0.2) is 6.10 Å². The average molecular weight is 1100 g/mol. The van der Waals surface area contributed by atoms with Crippen molar-refractivity contribution in [1.82, 2.24) is 0 Å². The van der Waals surface area contributed by atoms with Crippen LogP contribution in [0.5, 0.6) is 0 Å². The third-order valence-electron chi connectivity index (χ3n) is 14.9. The molecule has 6 heteroatoms. The van der Waals surface area contributed by atoms with Gasteiger partial charge in [0.25, 0.3) is 0 Å². The lowest BCUT2D eigenvalue weighted by atomic mass is 10.0. The van der Waals surface area contributed by atoms with Crippen molar-refractivity contribution in [3.8, 4) is 0 Å². The molecule has 456 valence electrons. The second kappa shape index (κ2) is 67.1. The lowest BCUT2D eigenvalue weighted by Crippen LogP contribution is -2.30. The van der Waals surface area contributed by atoms with E-state index in [1.54, 1.807) is 0 Å². The van der Waals surface area contributed by atoms with Crippen molar-refractivity contribution in [3.05, 3.63) is 85.1 Å². The van der Waals surface area contributed by atoms with Crippen LogP contribution in [0.25, 0.3) is 0 Å². The predicted molar refractivity (Wildman–Crippen MR) is 344 cm³/mol. The minimum absolute atomic E-state index is 0.0969. The summed E-state index contributed by atoms with van der Waals surface area (Å²) in [6, 6.07) is 0. The molecule has 0 aromatic heterocycles. The predicted octanol–water partition coefficient (Wildman–Crippen LogP) is 23.4. The van der Waals surface area contributed by atoms with Crippen LogP contribution in [0.2, 0.25) is 0 Å². The van der Waals surface area contributed by atoms with E-state index >= 15 is 0 Å². The molecule has 0 saturated carbocycles. The number of esters is 3. The minimum atomic E-state index is -0.804. The normalized spacial score (nSPS) is 12.6. The van der Waals surface area contributed by atoms with Gasteiger partial charge in [0, 0.05) is 19.3 Å². The lowest BCUT2D eigenvalue weighted by Gasteiger charge is -2.18. The number of rotatable bonds is 62. The first-order valence-electron chi connectivity index (χ1n) is 34.1. The summed E-state index contributed by atoms with van der Waals surface area (Å²) in [5.41, 5.74) is 0. The molecule has 0 rings (SSSR count). The summed E-state index contributed by atoms with van der Waals surface area (Å²) in [6.07, 6.45) is 89.6. The topological polar surface area (TPSA) is 78.9 Å². The zero-order valence-electron chi connectivity index (χ0n) is 52.4. The molecule has 0 bridgehead atoms. The maximum Gasteiger partial charge on any atom is 0.306 e. The van der Waals surface area contributed by atoms with Gasteiger partial charge in [-0.2, -0.15) is 0 Å². The Morgan fingerprint density at radius 1 is 0.266 bits per heavy atom.